The van der Waals surface area contributed by atoms with E-state index in [0.717, 1.165) is 61.0 Å². The fourth-order valence-electron chi connectivity index (χ4n) is 4.82. The number of pyridine rings is 1. The minimum absolute atomic E-state index is 0.155. The van der Waals surface area contributed by atoms with Gasteiger partial charge in [-0.05, 0) is 24.3 Å². The maximum Gasteiger partial charge on any atom is 0.234 e. The van der Waals surface area contributed by atoms with Gasteiger partial charge in [0.25, 0.3) is 0 Å². The normalized spacial score (nSPS) is 16.4. The van der Waals surface area contributed by atoms with Gasteiger partial charge < -0.3 is 14.0 Å². The van der Waals surface area contributed by atoms with Gasteiger partial charge in [0, 0.05) is 50.0 Å². The van der Waals surface area contributed by atoms with Gasteiger partial charge in [0.15, 0.2) is 0 Å². The predicted octanol–water partition coefficient (Wildman–Crippen LogP) is 3.92. The molecule has 4 aromatic rings. The summed E-state index contributed by atoms with van der Waals surface area (Å²) in [4.78, 5) is 22.6. The van der Waals surface area contributed by atoms with Crippen LogP contribution in [0, 0.1) is 0 Å². The lowest BCUT2D eigenvalue weighted by Crippen LogP contribution is -2.50. The summed E-state index contributed by atoms with van der Waals surface area (Å²) in [5.74, 6) is 1.38. The van der Waals surface area contributed by atoms with Crippen molar-refractivity contribution in [2.75, 3.05) is 26.2 Å². The highest BCUT2D eigenvalue weighted by Crippen LogP contribution is 2.44. The Morgan fingerprint density at radius 3 is 2.25 bits per heavy atom. The van der Waals surface area contributed by atoms with E-state index in [1.807, 2.05) is 77.8 Å². The molecule has 0 bridgehead atoms. The standard InChI is InChI=1S/C26H24N4O2/c31-26(25-20-7-1-3-9-22(20)32-23-10-4-2-8-21(23)25)29-15-13-28(14-16-29)18-19-17-27-24-11-5-6-12-30(19)24/h1-12,17,25H,13-16,18H2. The number of nitrogens with zero attached hydrogens (tertiary/aromatic N) is 4. The number of fused-ring (bicyclic) bond motifs is 3. The van der Waals surface area contributed by atoms with Crippen LogP contribution in [0.1, 0.15) is 22.7 Å². The maximum atomic E-state index is 13.7. The molecule has 32 heavy (non-hydrogen) atoms. The van der Waals surface area contributed by atoms with Crippen LogP contribution >= 0.6 is 0 Å². The second-order valence-electron chi connectivity index (χ2n) is 8.39. The van der Waals surface area contributed by atoms with E-state index >= 15 is 0 Å². The Kier molecular flexibility index (Phi) is 4.65. The Balaban J connectivity index is 1.20. The van der Waals surface area contributed by atoms with E-state index in [0.29, 0.717) is 0 Å². The molecule has 0 saturated carbocycles. The molecular formula is C26H24N4O2. The van der Waals surface area contributed by atoms with E-state index in [2.05, 4.69) is 20.5 Å². The highest BCUT2D eigenvalue weighted by molar-refractivity contribution is 5.89. The van der Waals surface area contributed by atoms with Crippen LogP contribution < -0.4 is 4.74 Å². The molecule has 0 spiro atoms. The zero-order chi connectivity index (χ0) is 21.5. The monoisotopic (exact) mass is 424 g/mol. The molecule has 0 radical (unpaired) electrons. The maximum absolute atomic E-state index is 13.7. The first-order valence-corrected chi connectivity index (χ1v) is 11.1. The zero-order valence-corrected chi connectivity index (χ0v) is 17.7. The Hall–Kier alpha value is -3.64. The minimum Gasteiger partial charge on any atom is -0.457 e. The molecule has 2 aromatic carbocycles. The quantitative estimate of drug-likeness (QED) is 0.500. The van der Waals surface area contributed by atoms with Crippen LogP contribution in [-0.2, 0) is 11.3 Å². The van der Waals surface area contributed by atoms with Crippen molar-refractivity contribution < 1.29 is 9.53 Å². The molecule has 6 heteroatoms. The number of rotatable bonds is 3. The van der Waals surface area contributed by atoms with E-state index in [-0.39, 0.29) is 11.8 Å². The molecule has 0 N–H and O–H groups in total. The molecule has 2 aliphatic rings. The highest BCUT2D eigenvalue weighted by Gasteiger charge is 2.36. The van der Waals surface area contributed by atoms with Crippen molar-refractivity contribution in [3.63, 3.8) is 0 Å². The van der Waals surface area contributed by atoms with Crippen molar-refractivity contribution in [1.29, 1.82) is 0 Å². The van der Waals surface area contributed by atoms with Gasteiger partial charge >= 0.3 is 0 Å². The fraction of sp³-hybridized carbons (Fsp3) is 0.231. The lowest BCUT2D eigenvalue weighted by Gasteiger charge is -2.37. The summed E-state index contributed by atoms with van der Waals surface area (Å²) in [6, 6.07) is 21.8. The number of carbonyl (C=O) groups excluding carboxylic acids is 1. The molecule has 1 saturated heterocycles. The second kappa shape index (κ2) is 7.80. The second-order valence-corrected chi connectivity index (χ2v) is 8.39. The lowest BCUT2D eigenvalue weighted by molar-refractivity contribution is -0.133. The summed E-state index contributed by atoms with van der Waals surface area (Å²) in [6.45, 7) is 3.96. The average Bonchev–Trinajstić information content (AvgIpc) is 3.25. The van der Waals surface area contributed by atoms with Gasteiger partial charge in [0.1, 0.15) is 17.1 Å². The molecule has 160 valence electrons. The van der Waals surface area contributed by atoms with Crippen molar-refractivity contribution in [3.8, 4) is 11.5 Å². The molecule has 0 aliphatic carbocycles. The van der Waals surface area contributed by atoms with E-state index in [1.54, 1.807) is 0 Å². The van der Waals surface area contributed by atoms with Gasteiger partial charge in [-0.1, -0.05) is 42.5 Å². The summed E-state index contributed by atoms with van der Waals surface area (Å²) in [5, 5.41) is 0. The molecule has 1 fully saturated rings. The van der Waals surface area contributed by atoms with Crippen LogP contribution in [0.3, 0.4) is 0 Å². The van der Waals surface area contributed by atoms with Crippen LogP contribution in [0.25, 0.3) is 5.65 Å². The minimum atomic E-state index is -0.318. The third kappa shape index (κ3) is 3.24. The molecular weight excluding hydrogens is 400 g/mol. The van der Waals surface area contributed by atoms with Crippen LogP contribution in [0.2, 0.25) is 0 Å². The number of imidazole rings is 1. The van der Waals surface area contributed by atoms with E-state index in [9.17, 15) is 4.79 Å². The van der Waals surface area contributed by atoms with Crippen LogP contribution in [0.15, 0.2) is 79.1 Å². The highest BCUT2D eigenvalue weighted by atomic mass is 16.5. The number of hydrogen-bond acceptors (Lipinski definition) is 4. The van der Waals surface area contributed by atoms with Gasteiger partial charge in [-0.25, -0.2) is 4.98 Å². The first kappa shape index (κ1) is 19.1. The first-order chi connectivity index (χ1) is 15.8. The molecule has 4 heterocycles. The number of para-hydroxylation sites is 2. The smallest absolute Gasteiger partial charge is 0.234 e. The predicted molar refractivity (Wildman–Crippen MR) is 122 cm³/mol. The summed E-state index contributed by atoms with van der Waals surface area (Å²) < 4.78 is 8.20. The van der Waals surface area contributed by atoms with Crippen molar-refractivity contribution in [2.45, 2.75) is 12.5 Å². The van der Waals surface area contributed by atoms with Crippen molar-refractivity contribution in [1.82, 2.24) is 19.2 Å². The summed E-state index contributed by atoms with van der Waals surface area (Å²) in [6.07, 6.45) is 4.00. The Morgan fingerprint density at radius 1 is 0.875 bits per heavy atom. The van der Waals surface area contributed by atoms with E-state index < -0.39 is 0 Å². The number of piperazine rings is 1. The first-order valence-electron chi connectivity index (χ1n) is 11.1. The zero-order valence-electron chi connectivity index (χ0n) is 17.7. The molecule has 2 aromatic heterocycles. The number of ether oxygens (including phenoxy) is 1. The number of aromatic nitrogens is 2. The topological polar surface area (TPSA) is 50.1 Å². The van der Waals surface area contributed by atoms with Gasteiger partial charge in [-0.2, -0.15) is 0 Å². The van der Waals surface area contributed by atoms with Crippen molar-refractivity contribution in [2.24, 2.45) is 0 Å². The number of benzene rings is 2. The third-order valence-electron chi connectivity index (χ3n) is 6.49. The summed E-state index contributed by atoms with van der Waals surface area (Å²) in [5.41, 5.74) is 4.04. The Morgan fingerprint density at radius 2 is 1.53 bits per heavy atom. The number of amides is 1. The molecule has 0 unspecified atom stereocenters. The molecule has 2 aliphatic heterocycles. The third-order valence-corrected chi connectivity index (χ3v) is 6.49. The van der Waals surface area contributed by atoms with Gasteiger partial charge in [0.2, 0.25) is 5.91 Å². The Bertz CT molecular complexity index is 1240. The van der Waals surface area contributed by atoms with Crippen LogP contribution in [0.5, 0.6) is 11.5 Å². The van der Waals surface area contributed by atoms with Crippen LogP contribution in [-0.4, -0.2) is 51.3 Å². The largest absolute Gasteiger partial charge is 0.457 e. The van der Waals surface area contributed by atoms with Crippen LogP contribution in [0.4, 0.5) is 0 Å². The average molecular weight is 425 g/mol. The van der Waals surface area contributed by atoms with Crippen molar-refractivity contribution >= 4 is 11.6 Å². The summed E-state index contributed by atoms with van der Waals surface area (Å²) in [7, 11) is 0. The molecule has 6 rings (SSSR count). The fourth-order valence-corrected chi connectivity index (χ4v) is 4.82. The Labute approximate surface area is 186 Å². The van der Waals surface area contributed by atoms with Gasteiger partial charge in [0.05, 0.1) is 17.8 Å². The van der Waals surface area contributed by atoms with E-state index in [4.69, 9.17) is 4.74 Å². The SMILES string of the molecule is O=C(C1c2ccccc2Oc2ccccc21)N1CCN(Cc2cnc3ccccn23)CC1. The van der Waals surface area contributed by atoms with Crippen molar-refractivity contribution in [3.05, 3.63) is 95.9 Å². The lowest BCUT2D eigenvalue weighted by atomic mass is 9.86. The van der Waals surface area contributed by atoms with E-state index in [1.165, 1.54) is 5.69 Å². The summed E-state index contributed by atoms with van der Waals surface area (Å²) >= 11 is 0. The van der Waals surface area contributed by atoms with Gasteiger partial charge in [-0.15, -0.1) is 0 Å². The molecule has 1 amide bonds. The number of hydrogen-bond donors (Lipinski definition) is 0. The molecule has 6 nitrogen and oxygen atoms in total. The van der Waals surface area contributed by atoms with Gasteiger partial charge in [-0.3, -0.25) is 9.69 Å². The number of carbonyl (C=O) groups is 1. The molecule has 0 atom stereocenters.